The summed E-state index contributed by atoms with van der Waals surface area (Å²) in [6.07, 6.45) is 5.46. The van der Waals surface area contributed by atoms with Gasteiger partial charge in [0.1, 0.15) is 0 Å². The Hall–Kier alpha value is -2.09. The Morgan fingerprint density at radius 1 is 1.07 bits per heavy atom. The number of rotatable bonds is 1. The van der Waals surface area contributed by atoms with Crippen molar-refractivity contribution >= 4 is 10.8 Å². The monoisotopic (exact) mass is 193 g/mol. The summed E-state index contributed by atoms with van der Waals surface area (Å²) in [5.41, 5.74) is 1.02. The van der Waals surface area contributed by atoms with E-state index in [-0.39, 0.29) is 0 Å². The highest BCUT2D eigenvalue weighted by molar-refractivity contribution is 5.83. The molecule has 0 aliphatic heterocycles. The molecule has 0 atom stereocenters. The number of fused-ring (bicyclic) bond motifs is 1. The van der Waals surface area contributed by atoms with E-state index < -0.39 is 0 Å². The van der Waals surface area contributed by atoms with Gasteiger partial charge in [0.05, 0.1) is 12.0 Å². The Morgan fingerprint density at radius 3 is 2.87 bits per heavy atom. The van der Waals surface area contributed by atoms with E-state index in [4.69, 9.17) is 0 Å². The maximum absolute atomic E-state index is 4.02. The van der Waals surface area contributed by atoms with Gasteiger partial charge in [-0.25, -0.2) is 4.98 Å². The van der Waals surface area contributed by atoms with Gasteiger partial charge >= 0.3 is 0 Å². The molecule has 2 nitrogen and oxygen atoms in total. The Labute approximate surface area is 87.8 Å². The van der Waals surface area contributed by atoms with Crippen molar-refractivity contribution in [3.05, 3.63) is 61.2 Å². The van der Waals surface area contributed by atoms with Crippen LogP contribution in [0.4, 0.5) is 0 Å². The van der Waals surface area contributed by atoms with E-state index in [1.54, 1.807) is 12.5 Å². The molecule has 0 aliphatic carbocycles. The van der Waals surface area contributed by atoms with Gasteiger partial charge in [0, 0.05) is 18.5 Å². The van der Waals surface area contributed by atoms with Crippen LogP contribution in [0.2, 0.25) is 0 Å². The van der Waals surface area contributed by atoms with Crippen molar-refractivity contribution in [3.8, 4) is 5.69 Å². The number of nitrogens with zero attached hydrogens (tertiary/aromatic N) is 2. The zero-order valence-corrected chi connectivity index (χ0v) is 8.09. The van der Waals surface area contributed by atoms with E-state index in [1.807, 2.05) is 29.0 Å². The minimum absolute atomic E-state index is 1.02. The Balaban J connectivity index is 2.22. The van der Waals surface area contributed by atoms with Gasteiger partial charge in [0.2, 0.25) is 0 Å². The minimum Gasteiger partial charge on any atom is -0.306 e. The SMILES string of the molecule is [c]1c(-n2ccnc2)ccc2ccccc12. The highest BCUT2D eigenvalue weighted by Crippen LogP contribution is 2.17. The highest BCUT2D eigenvalue weighted by atomic mass is 15.0. The number of hydrogen-bond acceptors (Lipinski definition) is 1. The predicted octanol–water partition coefficient (Wildman–Crippen LogP) is 2.83. The number of aromatic nitrogens is 2. The Kier molecular flexibility index (Phi) is 1.78. The molecule has 15 heavy (non-hydrogen) atoms. The van der Waals surface area contributed by atoms with Gasteiger partial charge in [-0.1, -0.05) is 30.3 Å². The molecule has 0 saturated carbocycles. The van der Waals surface area contributed by atoms with E-state index in [9.17, 15) is 0 Å². The second-order valence-corrected chi connectivity index (χ2v) is 3.40. The molecule has 1 radical (unpaired) electrons. The van der Waals surface area contributed by atoms with Crippen molar-refractivity contribution in [2.45, 2.75) is 0 Å². The molecule has 2 aromatic carbocycles. The van der Waals surface area contributed by atoms with Crippen LogP contribution in [0.25, 0.3) is 16.5 Å². The molecule has 0 N–H and O–H groups in total. The molecule has 0 amide bonds. The van der Waals surface area contributed by atoms with Crippen LogP contribution in [-0.2, 0) is 0 Å². The fourth-order valence-corrected chi connectivity index (χ4v) is 1.66. The largest absolute Gasteiger partial charge is 0.306 e. The number of benzene rings is 2. The second kappa shape index (κ2) is 3.24. The summed E-state index contributed by atoms with van der Waals surface area (Å²) in [6.45, 7) is 0. The van der Waals surface area contributed by atoms with Gasteiger partial charge < -0.3 is 4.57 Å². The average molecular weight is 193 g/mol. The number of hydrogen-bond donors (Lipinski definition) is 0. The normalized spacial score (nSPS) is 10.7. The molecule has 0 fully saturated rings. The van der Waals surface area contributed by atoms with E-state index in [0.717, 1.165) is 11.1 Å². The summed E-state index contributed by atoms with van der Waals surface area (Å²) in [7, 11) is 0. The quantitative estimate of drug-likeness (QED) is 0.581. The van der Waals surface area contributed by atoms with Crippen molar-refractivity contribution in [1.82, 2.24) is 9.55 Å². The molecule has 0 bridgehead atoms. The predicted molar refractivity (Wildman–Crippen MR) is 59.9 cm³/mol. The molecule has 3 rings (SSSR count). The third kappa shape index (κ3) is 1.40. The van der Waals surface area contributed by atoms with Crippen molar-refractivity contribution < 1.29 is 0 Å². The first kappa shape index (κ1) is 8.24. The first-order chi connectivity index (χ1) is 7.43. The summed E-state index contributed by atoms with van der Waals surface area (Å²) < 4.78 is 1.95. The maximum atomic E-state index is 4.02. The van der Waals surface area contributed by atoms with E-state index in [1.165, 1.54) is 5.39 Å². The van der Waals surface area contributed by atoms with Crippen molar-refractivity contribution in [1.29, 1.82) is 0 Å². The van der Waals surface area contributed by atoms with Gasteiger partial charge in [-0.2, -0.15) is 0 Å². The fraction of sp³-hybridized carbons (Fsp3) is 0. The fourth-order valence-electron chi connectivity index (χ4n) is 1.66. The van der Waals surface area contributed by atoms with Gasteiger partial charge in [0.25, 0.3) is 0 Å². The average Bonchev–Trinajstić information content (AvgIpc) is 2.82. The Bertz CT molecular complexity index is 582. The van der Waals surface area contributed by atoms with Crippen LogP contribution >= 0.6 is 0 Å². The summed E-state index contributed by atoms with van der Waals surface area (Å²) in [6, 6.07) is 15.7. The first-order valence-electron chi connectivity index (χ1n) is 4.83. The van der Waals surface area contributed by atoms with Gasteiger partial charge in [-0.15, -0.1) is 0 Å². The lowest BCUT2D eigenvalue weighted by molar-refractivity contribution is 1.06. The molecule has 3 aromatic rings. The highest BCUT2D eigenvalue weighted by Gasteiger charge is 1.97. The lowest BCUT2D eigenvalue weighted by Gasteiger charge is -2.02. The Morgan fingerprint density at radius 2 is 2.00 bits per heavy atom. The summed E-state index contributed by atoms with van der Waals surface area (Å²) in [4.78, 5) is 4.02. The molecule has 1 aromatic heterocycles. The van der Waals surface area contributed by atoms with Gasteiger partial charge in [0.15, 0.2) is 0 Å². The summed E-state index contributed by atoms with van der Waals surface area (Å²) >= 11 is 0. The molecule has 71 valence electrons. The molecule has 0 unspecified atom stereocenters. The van der Waals surface area contributed by atoms with Gasteiger partial charge in [-0.3, -0.25) is 0 Å². The zero-order chi connectivity index (χ0) is 10.1. The number of imidazole rings is 1. The first-order valence-corrected chi connectivity index (χ1v) is 4.83. The molecule has 0 spiro atoms. The molecular weight excluding hydrogens is 184 g/mol. The van der Waals surface area contributed by atoms with Crippen molar-refractivity contribution in [2.75, 3.05) is 0 Å². The van der Waals surface area contributed by atoms with E-state index >= 15 is 0 Å². The van der Waals surface area contributed by atoms with Crippen molar-refractivity contribution in [2.24, 2.45) is 0 Å². The van der Waals surface area contributed by atoms with Crippen molar-refractivity contribution in [3.63, 3.8) is 0 Å². The lowest BCUT2D eigenvalue weighted by Crippen LogP contribution is -1.89. The van der Waals surface area contributed by atoms with Crippen LogP contribution in [0, 0.1) is 6.07 Å². The molecular formula is C13H9N2. The molecule has 0 aliphatic rings. The standard InChI is InChI=1S/C13H9N2/c1-2-4-12-9-13(6-5-11(12)3-1)15-8-7-14-10-15/h1-8,10H. The maximum Gasteiger partial charge on any atom is 0.0991 e. The zero-order valence-electron chi connectivity index (χ0n) is 8.09. The smallest absolute Gasteiger partial charge is 0.0991 e. The summed E-state index contributed by atoms with van der Waals surface area (Å²) in [5.74, 6) is 0. The van der Waals surface area contributed by atoms with Crippen LogP contribution in [0.15, 0.2) is 55.1 Å². The minimum atomic E-state index is 1.02. The van der Waals surface area contributed by atoms with E-state index in [0.29, 0.717) is 0 Å². The molecule has 1 heterocycles. The topological polar surface area (TPSA) is 17.8 Å². The second-order valence-electron chi connectivity index (χ2n) is 3.40. The third-order valence-corrected chi connectivity index (χ3v) is 2.43. The van der Waals surface area contributed by atoms with Gasteiger partial charge in [-0.05, 0) is 16.8 Å². The molecule has 0 saturated heterocycles. The lowest BCUT2D eigenvalue weighted by atomic mass is 10.1. The molecule has 2 heteroatoms. The van der Waals surface area contributed by atoms with Crippen LogP contribution < -0.4 is 0 Å². The summed E-state index contributed by atoms with van der Waals surface area (Å²) in [5, 5.41) is 2.34. The van der Waals surface area contributed by atoms with Crippen LogP contribution in [-0.4, -0.2) is 9.55 Å². The van der Waals surface area contributed by atoms with E-state index in [2.05, 4.69) is 29.2 Å². The van der Waals surface area contributed by atoms with Crippen LogP contribution in [0.5, 0.6) is 0 Å². The third-order valence-electron chi connectivity index (χ3n) is 2.43. The van der Waals surface area contributed by atoms with Crippen LogP contribution in [0.1, 0.15) is 0 Å². The van der Waals surface area contributed by atoms with Crippen LogP contribution in [0.3, 0.4) is 0 Å².